The molecule has 0 aliphatic heterocycles. The van der Waals surface area contributed by atoms with Crippen molar-refractivity contribution in [3.8, 4) is 11.6 Å². The smallest absolute Gasteiger partial charge is 0.341 e. The van der Waals surface area contributed by atoms with Gasteiger partial charge < -0.3 is 14.9 Å². The van der Waals surface area contributed by atoms with Crippen molar-refractivity contribution in [2.45, 2.75) is 6.61 Å². The number of carboxylic acids is 1. The lowest BCUT2D eigenvalue weighted by atomic mass is 10.2. The van der Waals surface area contributed by atoms with Crippen molar-refractivity contribution in [2.24, 2.45) is 0 Å². The van der Waals surface area contributed by atoms with Gasteiger partial charge in [0.2, 0.25) is 5.88 Å². The number of carboxylic acid groups (broad SMARTS) is 1. The lowest BCUT2D eigenvalue weighted by Crippen LogP contribution is -2.03. The van der Waals surface area contributed by atoms with Crippen LogP contribution in [0.4, 0.5) is 5.69 Å². The number of pyridine rings is 1. The predicted octanol–water partition coefficient (Wildman–Crippen LogP) is 1.97. The van der Waals surface area contributed by atoms with Gasteiger partial charge in [0.15, 0.2) is 0 Å². The third-order valence-corrected chi connectivity index (χ3v) is 2.57. The standard InChI is InChI=1S/C13H10N2O6/c16-7-8-2-1-3-10(4-8)21-12-11(13(17)18)5-9(6-14-12)15(19)20/h1-6,16H,7H2,(H,17,18). The summed E-state index contributed by atoms with van der Waals surface area (Å²) in [6.45, 7) is -0.198. The third kappa shape index (κ3) is 3.31. The van der Waals surface area contributed by atoms with Crippen molar-refractivity contribution in [2.75, 3.05) is 0 Å². The Morgan fingerprint density at radius 3 is 2.76 bits per heavy atom. The van der Waals surface area contributed by atoms with Gasteiger partial charge in [-0.3, -0.25) is 10.1 Å². The average molecular weight is 290 g/mol. The molecule has 2 aromatic rings. The highest BCUT2D eigenvalue weighted by atomic mass is 16.6. The van der Waals surface area contributed by atoms with Crippen LogP contribution >= 0.6 is 0 Å². The van der Waals surface area contributed by atoms with E-state index in [0.29, 0.717) is 5.56 Å². The van der Waals surface area contributed by atoms with Crippen molar-refractivity contribution in [3.05, 3.63) is 57.8 Å². The Bertz CT molecular complexity index is 701. The fourth-order valence-corrected chi connectivity index (χ4v) is 1.59. The minimum absolute atomic E-state index is 0.198. The van der Waals surface area contributed by atoms with Gasteiger partial charge in [-0.05, 0) is 17.7 Å². The van der Waals surface area contributed by atoms with E-state index in [1.54, 1.807) is 18.2 Å². The molecule has 21 heavy (non-hydrogen) atoms. The van der Waals surface area contributed by atoms with E-state index < -0.39 is 22.1 Å². The molecule has 0 saturated carbocycles. The molecule has 0 aliphatic carbocycles. The van der Waals surface area contributed by atoms with E-state index in [0.717, 1.165) is 12.3 Å². The maximum atomic E-state index is 11.1. The van der Waals surface area contributed by atoms with E-state index in [1.165, 1.54) is 6.07 Å². The zero-order valence-corrected chi connectivity index (χ0v) is 10.6. The fraction of sp³-hybridized carbons (Fsp3) is 0.0769. The number of aliphatic hydroxyl groups excluding tert-OH is 1. The number of carbonyl (C=O) groups is 1. The van der Waals surface area contributed by atoms with Crippen molar-refractivity contribution < 1.29 is 24.7 Å². The number of aromatic carboxylic acids is 1. The first-order valence-corrected chi connectivity index (χ1v) is 5.76. The highest BCUT2D eigenvalue weighted by Crippen LogP contribution is 2.26. The van der Waals surface area contributed by atoms with Crippen LogP contribution < -0.4 is 4.74 Å². The number of rotatable bonds is 5. The van der Waals surface area contributed by atoms with Crippen LogP contribution in [0.5, 0.6) is 11.6 Å². The summed E-state index contributed by atoms with van der Waals surface area (Å²) in [5, 5.41) is 28.7. The lowest BCUT2D eigenvalue weighted by Gasteiger charge is -2.08. The molecule has 0 fully saturated rings. The molecular formula is C13H10N2O6. The minimum atomic E-state index is -1.39. The van der Waals surface area contributed by atoms with E-state index in [9.17, 15) is 14.9 Å². The number of nitro groups is 1. The summed E-state index contributed by atoms with van der Waals surface area (Å²) in [4.78, 5) is 24.7. The molecule has 2 rings (SSSR count). The maximum Gasteiger partial charge on any atom is 0.341 e. The molecule has 0 bridgehead atoms. The number of aliphatic hydroxyl groups is 1. The largest absolute Gasteiger partial charge is 0.477 e. The van der Waals surface area contributed by atoms with Crippen LogP contribution in [0.2, 0.25) is 0 Å². The van der Waals surface area contributed by atoms with E-state index in [2.05, 4.69) is 4.98 Å². The molecule has 8 nitrogen and oxygen atoms in total. The van der Waals surface area contributed by atoms with E-state index in [1.807, 2.05) is 0 Å². The van der Waals surface area contributed by atoms with Crippen molar-refractivity contribution in [3.63, 3.8) is 0 Å². The van der Waals surface area contributed by atoms with Gasteiger partial charge in [-0.1, -0.05) is 12.1 Å². The van der Waals surface area contributed by atoms with Gasteiger partial charge in [-0.15, -0.1) is 0 Å². The summed E-state index contributed by atoms with van der Waals surface area (Å²) in [5.41, 5.74) is -0.284. The van der Waals surface area contributed by atoms with Gasteiger partial charge in [0.25, 0.3) is 5.69 Å². The average Bonchev–Trinajstić information content (AvgIpc) is 2.47. The highest BCUT2D eigenvalue weighted by molar-refractivity contribution is 5.91. The Labute approximate surface area is 118 Å². The first kappa shape index (κ1) is 14.4. The summed E-state index contributed by atoms with van der Waals surface area (Å²) in [6.07, 6.45) is 0.914. The number of hydrogen-bond acceptors (Lipinski definition) is 6. The normalized spacial score (nSPS) is 10.1. The van der Waals surface area contributed by atoms with Crippen LogP contribution in [0.3, 0.4) is 0 Å². The van der Waals surface area contributed by atoms with E-state index in [4.69, 9.17) is 14.9 Å². The zero-order valence-electron chi connectivity index (χ0n) is 10.6. The van der Waals surface area contributed by atoms with Gasteiger partial charge in [0.05, 0.1) is 11.5 Å². The first-order valence-electron chi connectivity index (χ1n) is 5.76. The van der Waals surface area contributed by atoms with Crippen molar-refractivity contribution >= 4 is 11.7 Å². The molecule has 1 aromatic heterocycles. The Morgan fingerprint density at radius 2 is 2.14 bits per heavy atom. The van der Waals surface area contributed by atoms with Gasteiger partial charge in [0, 0.05) is 6.07 Å². The molecule has 0 amide bonds. The second-order valence-corrected chi connectivity index (χ2v) is 4.02. The van der Waals surface area contributed by atoms with Gasteiger partial charge in [0.1, 0.15) is 17.5 Å². The topological polar surface area (TPSA) is 123 Å². The fourth-order valence-electron chi connectivity index (χ4n) is 1.59. The molecule has 0 atom stereocenters. The Balaban J connectivity index is 2.38. The van der Waals surface area contributed by atoms with Gasteiger partial charge in [-0.25, -0.2) is 9.78 Å². The molecule has 0 saturated heterocycles. The molecule has 1 aromatic carbocycles. The summed E-state index contributed by atoms with van der Waals surface area (Å²) in [5.74, 6) is -1.38. The number of ether oxygens (including phenoxy) is 1. The molecule has 0 radical (unpaired) electrons. The number of benzene rings is 1. The van der Waals surface area contributed by atoms with Gasteiger partial charge in [-0.2, -0.15) is 0 Å². The molecule has 0 spiro atoms. The Morgan fingerprint density at radius 1 is 1.38 bits per heavy atom. The Kier molecular flexibility index (Phi) is 4.10. The minimum Gasteiger partial charge on any atom is -0.477 e. The maximum absolute atomic E-state index is 11.1. The van der Waals surface area contributed by atoms with Crippen molar-refractivity contribution in [1.29, 1.82) is 0 Å². The molecule has 1 heterocycles. The lowest BCUT2D eigenvalue weighted by molar-refractivity contribution is -0.385. The molecule has 108 valence electrons. The van der Waals surface area contributed by atoms with Crippen LogP contribution in [-0.4, -0.2) is 26.1 Å². The second-order valence-electron chi connectivity index (χ2n) is 4.02. The number of nitrogens with zero attached hydrogens (tertiary/aromatic N) is 2. The van der Waals surface area contributed by atoms with E-state index >= 15 is 0 Å². The summed E-state index contributed by atoms with van der Waals surface area (Å²) >= 11 is 0. The van der Waals surface area contributed by atoms with E-state index in [-0.39, 0.29) is 18.2 Å². The molecule has 2 N–H and O–H groups in total. The van der Waals surface area contributed by atoms with Crippen LogP contribution in [-0.2, 0) is 6.61 Å². The number of aromatic nitrogens is 1. The van der Waals surface area contributed by atoms with Crippen molar-refractivity contribution in [1.82, 2.24) is 4.98 Å². The first-order chi connectivity index (χ1) is 10.0. The molecular weight excluding hydrogens is 280 g/mol. The van der Waals surface area contributed by atoms with Crippen LogP contribution in [0.1, 0.15) is 15.9 Å². The molecule has 0 unspecified atom stereocenters. The SMILES string of the molecule is O=C(O)c1cc([N+](=O)[O-])cnc1Oc1cccc(CO)c1. The second kappa shape index (κ2) is 5.97. The number of hydrogen-bond donors (Lipinski definition) is 2. The third-order valence-electron chi connectivity index (χ3n) is 2.57. The highest BCUT2D eigenvalue weighted by Gasteiger charge is 2.19. The summed E-state index contributed by atoms with van der Waals surface area (Å²) < 4.78 is 5.32. The summed E-state index contributed by atoms with van der Waals surface area (Å²) in [7, 11) is 0. The zero-order chi connectivity index (χ0) is 15.4. The predicted molar refractivity (Wildman–Crippen MR) is 70.3 cm³/mol. The molecule has 8 heteroatoms. The quantitative estimate of drug-likeness (QED) is 0.637. The molecule has 0 aliphatic rings. The summed E-state index contributed by atoms with van der Waals surface area (Å²) in [6, 6.07) is 7.21. The van der Waals surface area contributed by atoms with Crippen LogP contribution in [0.15, 0.2) is 36.5 Å². The van der Waals surface area contributed by atoms with Crippen LogP contribution in [0, 0.1) is 10.1 Å². The van der Waals surface area contributed by atoms with Gasteiger partial charge >= 0.3 is 5.97 Å². The Hall–Kier alpha value is -3.00. The monoisotopic (exact) mass is 290 g/mol. The van der Waals surface area contributed by atoms with Crippen LogP contribution in [0.25, 0.3) is 0 Å².